The normalized spacial score (nSPS) is 14.4. The van der Waals surface area contributed by atoms with Gasteiger partial charge in [-0.3, -0.25) is 4.55 Å². The van der Waals surface area contributed by atoms with Crippen molar-refractivity contribution in [3.05, 3.63) is 6.92 Å². The predicted molar refractivity (Wildman–Crippen MR) is 40.6 cm³/mol. The first-order valence-corrected chi connectivity index (χ1v) is 4.72. The smallest absolute Gasteiger partial charge is 0.267 e. The molecule has 0 saturated heterocycles. The molecule has 0 heterocycles. The van der Waals surface area contributed by atoms with Gasteiger partial charge < -0.3 is 4.79 Å². The number of carbonyl (C=O) groups excluding carboxylic acids is 1. The summed E-state index contributed by atoms with van der Waals surface area (Å²) < 4.78 is 29.5. The molecule has 0 aliphatic carbocycles. The van der Waals surface area contributed by atoms with Crippen LogP contribution in [0.5, 0.6) is 0 Å². The molecule has 0 rings (SSSR count). The Labute approximate surface area is 66.4 Å². The number of carbonyl (C=O) groups is 1. The van der Waals surface area contributed by atoms with Crippen LogP contribution in [0.15, 0.2) is 0 Å². The highest BCUT2D eigenvalue weighted by atomic mass is 32.2. The van der Waals surface area contributed by atoms with Crippen LogP contribution in [0.1, 0.15) is 19.3 Å². The van der Waals surface area contributed by atoms with Crippen LogP contribution in [0.25, 0.3) is 0 Å². The van der Waals surface area contributed by atoms with Gasteiger partial charge in [-0.05, 0) is 12.8 Å². The molecular formula is C6H11O4S. The monoisotopic (exact) mass is 179 g/mol. The van der Waals surface area contributed by atoms with Gasteiger partial charge in [-0.25, -0.2) is 0 Å². The minimum Gasteiger partial charge on any atom is -0.303 e. The Bertz CT molecular complexity index is 207. The molecule has 4 nitrogen and oxygen atoms in total. The molecule has 0 fully saturated rings. The van der Waals surface area contributed by atoms with Crippen molar-refractivity contribution in [1.29, 1.82) is 0 Å². The van der Waals surface area contributed by atoms with Crippen molar-refractivity contribution in [2.45, 2.75) is 24.5 Å². The Morgan fingerprint density at radius 3 is 2.36 bits per heavy atom. The second kappa shape index (κ2) is 4.46. The van der Waals surface area contributed by atoms with Crippen molar-refractivity contribution in [2.24, 2.45) is 0 Å². The molecule has 65 valence electrons. The quantitative estimate of drug-likeness (QED) is 0.491. The van der Waals surface area contributed by atoms with Crippen LogP contribution in [0, 0.1) is 6.92 Å². The molecule has 1 N–H and O–H groups in total. The van der Waals surface area contributed by atoms with Gasteiger partial charge in [0, 0.05) is 6.42 Å². The van der Waals surface area contributed by atoms with Gasteiger partial charge in [0.15, 0.2) is 0 Å². The van der Waals surface area contributed by atoms with E-state index in [2.05, 4.69) is 6.92 Å². The maximum atomic E-state index is 10.5. The molecule has 0 spiro atoms. The summed E-state index contributed by atoms with van der Waals surface area (Å²) in [5, 5.41) is -0.896. The number of hydrogen-bond donors (Lipinski definition) is 1. The van der Waals surface area contributed by atoms with Crippen molar-refractivity contribution in [3.63, 3.8) is 0 Å². The third kappa shape index (κ3) is 4.10. The summed E-state index contributed by atoms with van der Waals surface area (Å²) in [7, 11) is -4.01. The first kappa shape index (κ1) is 10.6. The Morgan fingerprint density at radius 2 is 2.09 bits per heavy atom. The summed E-state index contributed by atoms with van der Waals surface area (Å²) in [6.07, 6.45) is 0.992. The molecule has 1 atom stereocenters. The largest absolute Gasteiger partial charge is 0.303 e. The van der Waals surface area contributed by atoms with Gasteiger partial charge in [0.1, 0.15) is 6.29 Å². The summed E-state index contributed by atoms with van der Waals surface area (Å²) in [6.45, 7) is 3.35. The molecule has 0 aromatic rings. The minimum absolute atomic E-state index is 0.0900. The molecule has 0 bridgehead atoms. The molecule has 1 unspecified atom stereocenters. The van der Waals surface area contributed by atoms with Gasteiger partial charge in [-0.1, -0.05) is 6.92 Å². The van der Waals surface area contributed by atoms with E-state index in [-0.39, 0.29) is 19.3 Å². The van der Waals surface area contributed by atoms with Crippen LogP contribution in [0.3, 0.4) is 0 Å². The lowest BCUT2D eigenvalue weighted by atomic mass is 10.2. The molecular weight excluding hydrogens is 168 g/mol. The molecule has 0 amide bonds. The first-order valence-electron chi connectivity index (χ1n) is 3.21. The third-order valence-electron chi connectivity index (χ3n) is 1.35. The van der Waals surface area contributed by atoms with Gasteiger partial charge in [0.05, 0.1) is 5.25 Å². The second-order valence-corrected chi connectivity index (χ2v) is 3.87. The second-order valence-electron chi connectivity index (χ2n) is 2.17. The van der Waals surface area contributed by atoms with Crippen LogP contribution in [-0.2, 0) is 14.9 Å². The van der Waals surface area contributed by atoms with E-state index in [1.807, 2.05) is 0 Å². The summed E-state index contributed by atoms with van der Waals surface area (Å²) >= 11 is 0. The first-order chi connectivity index (χ1) is 5.02. The third-order valence-corrected chi connectivity index (χ3v) is 2.66. The van der Waals surface area contributed by atoms with Gasteiger partial charge >= 0.3 is 0 Å². The highest BCUT2D eigenvalue weighted by Gasteiger charge is 2.19. The summed E-state index contributed by atoms with van der Waals surface area (Å²) in [5.74, 6) is 0. The molecule has 0 aliphatic heterocycles. The maximum Gasteiger partial charge on any atom is 0.267 e. The number of rotatable bonds is 5. The van der Waals surface area contributed by atoms with Crippen molar-refractivity contribution < 1.29 is 17.8 Å². The topological polar surface area (TPSA) is 71.4 Å². The summed E-state index contributed by atoms with van der Waals surface area (Å²) in [6, 6.07) is 0. The fourth-order valence-electron chi connectivity index (χ4n) is 0.696. The van der Waals surface area contributed by atoms with Gasteiger partial charge in [-0.2, -0.15) is 8.42 Å². The van der Waals surface area contributed by atoms with E-state index in [1.54, 1.807) is 0 Å². The zero-order valence-electron chi connectivity index (χ0n) is 6.06. The molecule has 0 aromatic heterocycles. The maximum absolute atomic E-state index is 10.5. The Balaban J connectivity index is 4.07. The van der Waals surface area contributed by atoms with E-state index in [9.17, 15) is 13.2 Å². The fourth-order valence-corrected chi connectivity index (χ4v) is 1.43. The van der Waals surface area contributed by atoms with Crippen LogP contribution in [-0.4, -0.2) is 24.5 Å². The average molecular weight is 179 g/mol. The molecule has 0 aliphatic rings. The minimum atomic E-state index is -4.01. The van der Waals surface area contributed by atoms with Crippen LogP contribution in [0.2, 0.25) is 0 Å². The van der Waals surface area contributed by atoms with Crippen molar-refractivity contribution in [3.8, 4) is 0 Å². The standard InChI is InChI=1S/C6H11O4S/c1-2-6(4-3-5-7)11(8,9)10/h5-6H,1-4H2,(H,8,9,10). The Morgan fingerprint density at radius 1 is 1.55 bits per heavy atom. The average Bonchev–Trinajstić information content (AvgIpc) is 1.87. The Kier molecular flexibility index (Phi) is 4.29. The lowest BCUT2D eigenvalue weighted by molar-refractivity contribution is -0.107. The zero-order valence-corrected chi connectivity index (χ0v) is 6.88. The zero-order chi connectivity index (χ0) is 8.91. The van der Waals surface area contributed by atoms with Crippen molar-refractivity contribution >= 4 is 16.4 Å². The van der Waals surface area contributed by atoms with Gasteiger partial charge in [0.2, 0.25) is 0 Å². The molecule has 1 radical (unpaired) electrons. The fraction of sp³-hybridized carbons (Fsp3) is 0.667. The van der Waals surface area contributed by atoms with Crippen molar-refractivity contribution in [2.75, 3.05) is 0 Å². The predicted octanol–water partition coefficient (Wildman–Crippen LogP) is 0.446. The number of hydrogen-bond acceptors (Lipinski definition) is 3. The van der Waals surface area contributed by atoms with Gasteiger partial charge in [0.25, 0.3) is 10.1 Å². The lowest BCUT2D eigenvalue weighted by Gasteiger charge is -2.07. The van der Waals surface area contributed by atoms with Crippen molar-refractivity contribution in [1.82, 2.24) is 0 Å². The molecule has 5 heteroatoms. The van der Waals surface area contributed by atoms with E-state index in [0.717, 1.165) is 0 Å². The van der Waals surface area contributed by atoms with Crippen LogP contribution < -0.4 is 0 Å². The highest BCUT2D eigenvalue weighted by molar-refractivity contribution is 7.86. The van der Waals surface area contributed by atoms with E-state index < -0.39 is 15.4 Å². The number of aldehydes is 1. The lowest BCUT2D eigenvalue weighted by Crippen LogP contribution is -2.19. The summed E-state index contributed by atoms with van der Waals surface area (Å²) in [4.78, 5) is 9.86. The SMILES string of the molecule is [CH2]CC(CCC=O)S(=O)(=O)O. The van der Waals surface area contributed by atoms with Gasteiger partial charge in [-0.15, -0.1) is 0 Å². The molecule has 11 heavy (non-hydrogen) atoms. The van der Waals surface area contributed by atoms with Crippen LogP contribution >= 0.6 is 0 Å². The van der Waals surface area contributed by atoms with Crippen LogP contribution in [0.4, 0.5) is 0 Å². The highest BCUT2D eigenvalue weighted by Crippen LogP contribution is 2.09. The Hall–Kier alpha value is -0.420. The van der Waals surface area contributed by atoms with E-state index in [1.165, 1.54) is 0 Å². The van der Waals surface area contributed by atoms with E-state index in [0.29, 0.717) is 6.29 Å². The molecule has 0 aromatic carbocycles. The van der Waals surface area contributed by atoms with E-state index >= 15 is 0 Å². The summed E-state index contributed by atoms with van der Waals surface area (Å²) in [5.41, 5.74) is 0. The van der Waals surface area contributed by atoms with E-state index in [4.69, 9.17) is 4.55 Å². The molecule has 0 saturated carbocycles.